The zero-order valence-electron chi connectivity index (χ0n) is 17.0. The summed E-state index contributed by atoms with van der Waals surface area (Å²) >= 11 is 0. The van der Waals surface area contributed by atoms with Crippen LogP contribution in [0.25, 0.3) is 0 Å². The van der Waals surface area contributed by atoms with Crippen molar-refractivity contribution in [3.63, 3.8) is 0 Å². The summed E-state index contributed by atoms with van der Waals surface area (Å²) in [4.78, 5) is 12.6. The van der Waals surface area contributed by atoms with Crippen molar-refractivity contribution >= 4 is 21.6 Å². The second-order valence-corrected chi connectivity index (χ2v) is 8.75. The maximum absolute atomic E-state index is 12.6. The molecule has 0 unspecified atom stereocenters. The number of benzene rings is 2. The number of hydrogen-bond acceptors (Lipinski definition) is 4. The lowest BCUT2D eigenvalue weighted by Gasteiger charge is -2.24. The van der Waals surface area contributed by atoms with Gasteiger partial charge in [-0.2, -0.15) is 0 Å². The van der Waals surface area contributed by atoms with E-state index in [1.54, 1.807) is 19.2 Å². The minimum Gasteiger partial charge on any atom is -0.497 e. The van der Waals surface area contributed by atoms with E-state index in [-0.39, 0.29) is 18.5 Å². The fraction of sp³-hybridized carbons (Fsp3) is 0.381. The molecule has 0 saturated carbocycles. The summed E-state index contributed by atoms with van der Waals surface area (Å²) in [6.07, 6.45) is 1.79. The maximum atomic E-state index is 12.6. The molecule has 28 heavy (non-hydrogen) atoms. The molecule has 0 heterocycles. The molecule has 1 N–H and O–H groups in total. The van der Waals surface area contributed by atoms with Crippen LogP contribution in [0.5, 0.6) is 5.75 Å². The molecule has 2 aromatic carbocycles. The summed E-state index contributed by atoms with van der Waals surface area (Å²) in [5, 5.41) is 2.93. The highest BCUT2D eigenvalue weighted by molar-refractivity contribution is 7.92. The van der Waals surface area contributed by atoms with Crippen molar-refractivity contribution in [3.8, 4) is 5.75 Å². The second kappa shape index (κ2) is 9.10. The highest BCUT2D eigenvalue weighted by Gasteiger charge is 2.23. The Morgan fingerprint density at radius 2 is 1.75 bits per heavy atom. The highest BCUT2D eigenvalue weighted by atomic mass is 32.2. The molecular formula is C21H28N2O4S. The molecule has 152 valence electrons. The Morgan fingerprint density at radius 1 is 1.11 bits per heavy atom. The number of ether oxygens (including phenoxy) is 1. The first kappa shape index (κ1) is 21.8. The van der Waals surface area contributed by atoms with Gasteiger partial charge >= 0.3 is 0 Å². The summed E-state index contributed by atoms with van der Waals surface area (Å²) < 4.78 is 30.9. The first-order valence-electron chi connectivity index (χ1n) is 9.14. The van der Waals surface area contributed by atoms with Gasteiger partial charge in [0, 0.05) is 0 Å². The first-order valence-corrected chi connectivity index (χ1v) is 11.0. The van der Waals surface area contributed by atoms with Crippen molar-refractivity contribution < 1.29 is 17.9 Å². The SMILES string of the molecule is CC[C@H](NC(=O)CN(c1ccc(C)c(C)c1)S(C)(=O)=O)c1ccc(OC)cc1. The third kappa shape index (κ3) is 5.48. The molecule has 0 aromatic heterocycles. The van der Waals surface area contributed by atoms with E-state index in [0.29, 0.717) is 12.1 Å². The number of rotatable bonds is 8. The van der Waals surface area contributed by atoms with Gasteiger partial charge in [-0.25, -0.2) is 8.42 Å². The minimum absolute atomic E-state index is 0.209. The Hall–Kier alpha value is -2.54. The lowest BCUT2D eigenvalue weighted by Crippen LogP contribution is -2.41. The maximum Gasteiger partial charge on any atom is 0.241 e. The van der Waals surface area contributed by atoms with Crippen molar-refractivity contribution in [2.24, 2.45) is 0 Å². The number of nitrogens with zero attached hydrogens (tertiary/aromatic N) is 1. The Kier molecular flexibility index (Phi) is 7.07. The van der Waals surface area contributed by atoms with Gasteiger partial charge in [0.1, 0.15) is 12.3 Å². The zero-order chi connectivity index (χ0) is 20.9. The van der Waals surface area contributed by atoms with E-state index in [9.17, 15) is 13.2 Å². The number of nitrogens with one attached hydrogen (secondary N) is 1. The van der Waals surface area contributed by atoms with Crippen molar-refractivity contribution in [3.05, 3.63) is 59.2 Å². The molecular weight excluding hydrogens is 376 g/mol. The average Bonchev–Trinajstić information content (AvgIpc) is 2.65. The van der Waals surface area contributed by atoms with Gasteiger partial charge in [-0.15, -0.1) is 0 Å². The van der Waals surface area contributed by atoms with Gasteiger partial charge in [0.25, 0.3) is 0 Å². The van der Waals surface area contributed by atoms with Crippen LogP contribution in [-0.4, -0.2) is 34.2 Å². The van der Waals surface area contributed by atoms with Gasteiger partial charge in [-0.1, -0.05) is 25.1 Å². The molecule has 2 aromatic rings. The lowest BCUT2D eigenvalue weighted by molar-refractivity contribution is -0.120. The summed E-state index contributed by atoms with van der Waals surface area (Å²) in [5.74, 6) is 0.384. The Labute approximate surface area is 167 Å². The lowest BCUT2D eigenvalue weighted by atomic mass is 10.0. The van der Waals surface area contributed by atoms with Crippen LogP contribution in [0.4, 0.5) is 5.69 Å². The topological polar surface area (TPSA) is 75.7 Å². The largest absolute Gasteiger partial charge is 0.497 e. The number of hydrogen-bond donors (Lipinski definition) is 1. The van der Waals surface area contributed by atoms with E-state index in [2.05, 4.69) is 5.32 Å². The van der Waals surface area contributed by atoms with Gasteiger partial charge in [-0.05, 0) is 61.2 Å². The van der Waals surface area contributed by atoms with Gasteiger partial charge in [0.15, 0.2) is 0 Å². The number of methoxy groups -OCH3 is 1. The summed E-state index contributed by atoms with van der Waals surface area (Å²) in [7, 11) is -2.00. The number of carbonyl (C=O) groups excluding carboxylic acids is 1. The molecule has 0 bridgehead atoms. The zero-order valence-corrected chi connectivity index (χ0v) is 17.8. The van der Waals surface area contributed by atoms with Gasteiger partial charge < -0.3 is 10.1 Å². The predicted octanol–water partition coefficient (Wildman–Crippen LogP) is 3.35. The van der Waals surface area contributed by atoms with E-state index in [4.69, 9.17) is 4.74 Å². The van der Waals surface area contributed by atoms with Crippen LogP contribution >= 0.6 is 0 Å². The Morgan fingerprint density at radius 3 is 2.25 bits per heavy atom. The van der Waals surface area contributed by atoms with Crippen molar-refractivity contribution in [2.75, 3.05) is 24.2 Å². The number of anilines is 1. The number of aryl methyl sites for hydroxylation is 2. The normalized spacial score (nSPS) is 12.3. The van der Waals surface area contributed by atoms with E-state index < -0.39 is 10.0 Å². The van der Waals surface area contributed by atoms with E-state index in [1.807, 2.05) is 51.1 Å². The summed E-state index contributed by atoms with van der Waals surface area (Å²) in [6.45, 7) is 5.56. The molecule has 0 aliphatic rings. The fourth-order valence-electron chi connectivity index (χ4n) is 2.91. The molecule has 0 spiro atoms. The highest BCUT2D eigenvalue weighted by Crippen LogP contribution is 2.22. The van der Waals surface area contributed by atoms with Gasteiger partial charge in [0.05, 0.1) is 25.1 Å². The second-order valence-electron chi connectivity index (χ2n) is 6.84. The van der Waals surface area contributed by atoms with Crippen LogP contribution in [0.3, 0.4) is 0 Å². The summed E-state index contributed by atoms with van der Waals surface area (Å²) in [5.41, 5.74) is 3.45. The van der Waals surface area contributed by atoms with Crippen LogP contribution < -0.4 is 14.4 Å². The number of carbonyl (C=O) groups is 1. The standard InChI is InChI=1S/C21H28N2O4S/c1-6-20(17-8-11-19(27-4)12-9-17)22-21(24)14-23(28(5,25)26)18-10-7-15(2)16(3)13-18/h7-13,20H,6,14H2,1-5H3,(H,22,24)/t20-/m0/s1. The summed E-state index contributed by atoms with van der Waals surface area (Å²) in [6, 6.07) is 12.6. The predicted molar refractivity (Wildman–Crippen MR) is 112 cm³/mol. The van der Waals surface area contributed by atoms with E-state index >= 15 is 0 Å². The fourth-order valence-corrected chi connectivity index (χ4v) is 3.76. The third-order valence-corrected chi connectivity index (χ3v) is 5.87. The van der Waals surface area contributed by atoms with Crippen LogP contribution in [-0.2, 0) is 14.8 Å². The van der Waals surface area contributed by atoms with Crippen LogP contribution in [0.15, 0.2) is 42.5 Å². The smallest absolute Gasteiger partial charge is 0.241 e. The number of amides is 1. The van der Waals surface area contributed by atoms with E-state index in [1.165, 1.54) is 0 Å². The molecule has 7 heteroatoms. The molecule has 0 saturated heterocycles. The minimum atomic E-state index is -3.60. The molecule has 6 nitrogen and oxygen atoms in total. The van der Waals surface area contributed by atoms with Gasteiger partial charge in [-0.3, -0.25) is 9.10 Å². The van der Waals surface area contributed by atoms with Crippen molar-refractivity contribution in [1.82, 2.24) is 5.32 Å². The van der Waals surface area contributed by atoms with Crippen molar-refractivity contribution in [2.45, 2.75) is 33.2 Å². The average molecular weight is 405 g/mol. The van der Waals surface area contributed by atoms with Crippen molar-refractivity contribution in [1.29, 1.82) is 0 Å². The number of sulfonamides is 1. The molecule has 0 radical (unpaired) electrons. The first-order chi connectivity index (χ1) is 13.2. The molecule has 0 fully saturated rings. The third-order valence-electron chi connectivity index (χ3n) is 4.73. The Balaban J connectivity index is 2.19. The van der Waals surface area contributed by atoms with Crippen LogP contribution in [0, 0.1) is 13.8 Å². The molecule has 0 aliphatic heterocycles. The quantitative estimate of drug-likeness (QED) is 0.732. The van der Waals surface area contributed by atoms with Crippen LogP contribution in [0.1, 0.15) is 36.1 Å². The van der Waals surface area contributed by atoms with E-state index in [0.717, 1.165) is 33.0 Å². The molecule has 0 aliphatic carbocycles. The molecule has 1 atom stereocenters. The van der Waals surface area contributed by atoms with Gasteiger partial charge in [0.2, 0.25) is 15.9 Å². The molecule has 1 amide bonds. The monoisotopic (exact) mass is 404 g/mol. The molecule has 2 rings (SSSR count). The Bertz CT molecular complexity index is 924. The van der Waals surface area contributed by atoms with Crippen LogP contribution in [0.2, 0.25) is 0 Å².